The number of anilines is 2. The summed E-state index contributed by atoms with van der Waals surface area (Å²) in [6.45, 7) is -0.165. The number of nitro groups is 1. The fourth-order valence-electron chi connectivity index (χ4n) is 3.46. The van der Waals surface area contributed by atoms with Gasteiger partial charge in [-0.3, -0.25) is 19.2 Å². The van der Waals surface area contributed by atoms with Crippen molar-refractivity contribution in [3.63, 3.8) is 0 Å². The number of halogens is 1. The summed E-state index contributed by atoms with van der Waals surface area (Å²) in [5, 5.41) is 13.6. The summed E-state index contributed by atoms with van der Waals surface area (Å²) in [7, 11) is -3.04. The molecule has 1 heterocycles. The van der Waals surface area contributed by atoms with Crippen molar-refractivity contribution in [3.8, 4) is 17.2 Å². The second-order valence-electron chi connectivity index (χ2n) is 7.48. The van der Waals surface area contributed by atoms with E-state index in [2.05, 4.69) is 5.32 Å². The lowest BCUT2D eigenvalue weighted by Crippen LogP contribution is -2.38. The Hall–Kier alpha value is -4.39. The molecule has 0 aromatic heterocycles. The third-order valence-corrected chi connectivity index (χ3v) is 6.94. The van der Waals surface area contributed by atoms with Crippen LogP contribution in [-0.2, 0) is 14.8 Å². The quantitative estimate of drug-likeness (QED) is 0.355. The fourth-order valence-corrected chi connectivity index (χ4v) is 4.90. The van der Waals surface area contributed by atoms with Crippen LogP contribution >= 0.6 is 0 Å². The molecule has 0 saturated heterocycles. The van der Waals surface area contributed by atoms with Crippen molar-refractivity contribution in [2.45, 2.75) is 4.90 Å². The monoisotopic (exact) mass is 517 g/mol. The van der Waals surface area contributed by atoms with Crippen LogP contribution in [0.4, 0.5) is 21.5 Å². The zero-order valence-corrected chi connectivity index (χ0v) is 19.7. The molecule has 3 aromatic carbocycles. The summed E-state index contributed by atoms with van der Waals surface area (Å²) in [6, 6.07) is 12.2. The van der Waals surface area contributed by atoms with Crippen LogP contribution in [0.25, 0.3) is 0 Å². The van der Waals surface area contributed by atoms with Crippen LogP contribution in [0.3, 0.4) is 0 Å². The highest BCUT2D eigenvalue weighted by Crippen LogP contribution is 2.34. The minimum absolute atomic E-state index is 0.0208. The molecule has 0 unspecified atom stereocenters. The van der Waals surface area contributed by atoms with Gasteiger partial charge in [-0.15, -0.1) is 0 Å². The highest BCUT2D eigenvalue weighted by atomic mass is 32.2. The van der Waals surface area contributed by atoms with E-state index in [0.29, 0.717) is 12.4 Å². The van der Waals surface area contributed by atoms with E-state index in [4.69, 9.17) is 14.2 Å². The Morgan fingerprint density at radius 1 is 1.08 bits per heavy atom. The molecule has 36 heavy (non-hydrogen) atoms. The molecule has 13 heteroatoms. The zero-order chi connectivity index (χ0) is 25.9. The Morgan fingerprint density at radius 3 is 2.44 bits per heavy atom. The minimum Gasteiger partial charge on any atom is -0.495 e. The van der Waals surface area contributed by atoms with Crippen molar-refractivity contribution in [1.82, 2.24) is 0 Å². The Morgan fingerprint density at radius 2 is 1.78 bits per heavy atom. The standard InChI is InChI=1S/C23H20FN3O8S/c1-33-20-8-6-17(27(29)30)12-19(20)25-23(28)14-26(16-4-2-15(24)3-5-16)36(31,32)18-7-9-21-22(13-18)35-11-10-34-21/h2-9,12-13H,10-11,14H2,1H3,(H,25,28). The first kappa shape index (κ1) is 24.7. The number of methoxy groups -OCH3 is 1. The summed E-state index contributed by atoms with van der Waals surface area (Å²) in [5.74, 6) is -0.673. The number of fused-ring (bicyclic) bond motifs is 1. The molecule has 0 aliphatic carbocycles. The predicted molar refractivity (Wildman–Crippen MR) is 127 cm³/mol. The Labute approximate surface area is 205 Å². The average Bonchev–Trinajstić information content (AvgIpc) is 2.87. The zero-order valence-electron chi connectivity index (χ0n) is 18.8. The summed E-state index contributed by atoms with van der Waals surface area (Å²) in [5.41, 5.74) is -0.301. The van der Waals surface area contributed by atoms with E-state index in [-0.39, 0.29) is 40.1 Å². The molecule has 188 valence electrons. The van der Waals surface area contributed by atoms with Crippen molar-refractivity contribution >= 4 is 33.0 Å². The smallest absolute Gasteiger partial charge is 0.271 e. The molecule has 0 atom stereocenters. The molecule has 0 fully saturated rings. The number of hydrogen-bond donors (Lipinski definition) is 1. The number of nitro benzene ring substituents is 1. The largest absolute Gasteiger partial charge is 0.495 e. The molecule has 1 N–H and O–H groups in total. The number of ether oxygens (including phenoxy) is 3. The minimum atomic E-state index is -4.35. The number of rotatable bonds is 8. The Kier molecular flexibility index (Phi) is 6.92. The molecule has 1 aliphatic heterocycles. The van der Waals surface area contributed by atoms with Crippen molar-refractivity contribution in [3.05, 3.63) is 76.6 Å². The number of non-ortho nitro benzene ring substituents is 1. The third-order valence-electron chi connectivity index (χ3n) is 5.17. The van der Waals surface area contributed by atoms with Crippen LogP contribution in [0.1, 0.15) is 0 Å². The topological polar surface area (TPSA) is 137 Å². The number of carbonyl (C=O) groups excluding carboxylic acids is 1. The van der Waals surface area contributed by atoms with Gasteiger partial charge in [-0.25, -0.2) is 12.8 Å². The number of hydrogen-bond acceptors (Lipinski definition) is 8. The highest BCUT2D eigenvalue weighted by Gasteiger charge is 2.29. The number of benzene rings is 3. The molecular formula is C23H20FN3O8S. The number of amides is 1. The van der Waals surface area contributed by atoms with Crippen LogP contribution in [0.15, 0.2) is 65.6 Å². The Balaban J connectivity index is 1.68. The summed E-state index contributed by atoms with van der Waals surface area (Å²) in [6.07, 6.45) is 0. The first-order valence-corrected chi connectivity index (χ1v) is 11.9. The number of nitrogens with one attached hydrogen (secondary N) is 1. The number of sulfonamides is 1. The van der Waals surface area contributed by atoms with E-state index >= 15 is 0 Å². The molecule has 0 bridgehead atoms. The van der Waals surface area contributed by atoms with E-state index in [0.717, 1.165) is 22.5 Å². The second kappa shape index (κ2) is 10.1. The first-order valence-electron chi connectivity index (χ1n) is 10.5. The van der Waals surface area contributed by atoms with Gasteiger partial charge in [0.25, 0.3) is 15.7 Å². The van der Waals surface area contributed by atoms with Gasteiger partial charge in [-0.1, -0.05) is 0 Å². The van der Waals surface area contributed by atoms with Crippen LogP contribution in [0, 0.1) is 15.9 Å². The molecule has 11 nitrogen and oxygen atoms in total. The van der Waals surface area contributed by atoms with E-state index in [9.17, 15) is 27.7 Å². The van der Waals surface area contributed by atoms with Gasteiger partial charge < -0.3 is 19.5 Å². The first-order chi connectivity index (χ1) is 17.2. The molecule has 0 spiro atoms. The van der Waals surface area contributed by atoms with Gasteiger partial charge >= 0.3 is 0 Å². The summed E-state index contributed by atoms with van der Waals surface area (Å²) in [4.78, 5) is 23.3. The van der Waals surface area contributed by atoms with Gasteiger partial charge in [0.2, 0.25) is 5.91 Å². The van der Waals surface area contributed by atoms with Gasteiger partial charge in [0.15, 0.2) is 11.5 Å². The predicted octanol–water partition coefficient (Wildman–Crippen LogP) is 3.35. The second-order valence-corrected chi connectivity index (χ2v) is 9.35. The third kappa shape index (κ3) is 5.15. The fraction of sp³-hybridized carbons (Fsp3) is 0.174. The van der Waals surface area contributed by atoms with E-state index in [1.807, 2.05) is 0 Å². The van der Waals surface area contributed by atoms with Crippen molar-refractivity contribution < 1.29 is 36.7 Å². The van der Waals surface area contributed by atoms with Crippen LogP contribution in [0.5, 0.6) is 17.2 Å². The van der Waals surface area contributed by atoms with Gasteiger partial charge in [0, 0.05) is 18.2 Å². The molecule has 1 aliphatic rings. The molecule has 0 radical (unpaired) electrons. The Bertz CT molecular complexity index is 1410. The van der Waals surface area contributed by atoms with Crippen LogP contribution in [-0.4, -0.2) is 46.1 Å². The lowest BCUT2D eigenvalue weighted by atomic mass is 10.2. The van der Waals surface area contributed by atoms with Gasteiger partial charge in [0.05, 0.1) is 28.3 Å². The van der Waals surface area contributed by atoms with Gasteiger partial charge in [-0.2, -0.15) is 0 Å². The molecule has 0 saturated carbocycles. The average molecular weight is 517 g/mol. The van der Waals surface area contributed by atoms with E-state index in [1.54, 1.807) is 0 Å². The van der Waals surface area contributed by atoms with Gasteiger partial charge in [-0.05, 0) is 42.5 Å². The van der Waals surface area contributed by atoms with E-state index < -0.39 is 33.2 Å². The SMILES string of the molecule is COc1ccc([N+](=O)[O-])cc1NC(=O)CN(c1ccc(F)cc1)S(=O)(=O)c1ccc2c(c1)OCCO2. The number of carbonyl (C=O) groups is 1. The van der Waals surface area contributed by atoms with Crippen LogP contribution < -0.4 is 23.8 Å². The lowest BCUT2D eigenvalue weighted by Gasteiger charge is -2.25. The maximum atomic E-state index is 13.6. The maximum absolute atomic E-state index is 13.6. The van der Waals surface area contributed by atoms with Gasteiger partial charge in [0.1, 0.15) is 31.3 Å². The van der Waals surface area contributed by atoms with E-state index in [1.165, 1.54) is 49.6 Å². The van der Waals surface area contributed by atoms with Crippen LogP contribution in [0.2, 0.25) is 0 Å². The molecule has 3 aromatic rings. The maximum Gasteiger partial charge on any atom is 0.271 e. The molecule has 4 rings (SSSR count). The molecule has 1 amide bonds. The van der Waals surface area contributed by atoms with Crippen molar-refractivity contribution in [1.29, 1.82) is 0 Å². The normalized spacial score (nSPS) is 12.5. The number of nitrogens with zero attached hydrogens (tertiary/aromatic N) is 2. The lowest BCUT2D eigenvalue weighted by molar-refractivity contribution is -0.384. The van der Waals surface area contributed by atoms with Crippen molar-refractivity contribution in [2.24, 2.45) is 0 Å². The highest BCUT2D eigenvalue weighted by molar-refractivity contribution is 7.92. The van der Waals surface area contributed by atoms with Crippen molar-refractivity contribution in [2.75, 3.05) is 36.5 Å². The summed E-state index contributed by atoms with van der Waals surface area (Å²) >= 11 is 0. The molecular weight excluding hydrogens is 497 g/mol. The summed E-state index contributed by atoms with van der Waals surface area (Å²) < 4.78 is 57.6.